The fourth-order valence-corrected chi connectivity index (χ4v) is 4.08. The average molecular weight is 358 g/mol. The van der Waals surface area contributed by atoms with Crippen LogP contribution in [0.5, 0.6) is 0 Å². The number of rotatable bonds is 5. The molecule has 3 atom stereocenters. The van der Waals surface area contributed by atoms with E-state index in [0.717, 1.165) is 29.8 Å². The van der Waals surface area contributed by atoms with Gasteiger partial charge in [-0.3, -0.25) is 0 Å². The highest BCUT2D eigenvalue weighted by Crippen LogP contribution is 2.27. The monoisotopic (exact) mass is 357 g/mol. The van der Waals surface area contributed by atoms with Crippen molar-refractivity contribution in [2.24, 2.45) is 0 Å². The van der Waals surface area contributed by atoms with Crippen LogP contribution >= 0.6 is 35.2 Å². The summed E-state index contributed by atoms with van der Waals surface area (Å²) in [5.41, 5.74) is 2.42. The first-order chi connectivity index (χ1) is 10.5. The third-order valence-electron chi connectivity index (χ3n) is 3.95. The number of halogens is 1. The highest BCUT2D eigenvalue weighted by molar-refractivity contribution is 7.80. The number of allylic oxidation sites excluding steroid dienone is 1. The van der Waals surface area contributed by atoms with E-state index in [-0.39, 0.29) is 11.5 Å². The molecule has 1 saturated carbocycles. The van der Waals surface area contributed by atoms with Crippen LogP contribution in [0.4, 0.5) is 0 Å². The minimum absolute atomic E-state index is 0.0925. The Hall–Kier alpha value is -0.420. The van der Waals surface area contributed by atoms with Crippen LogP contribution in [-0.4, -0.2) is 29.1 Å². The van der Waals surface area contributed by atoms with Crippen LogP contribution < -0.4 is 5.32 Å². The average Bonchev–Trinajstić information content (AvgIpc) is 2.88. The zero-order valence-electron chi connectivity index (χ0n) is 13.4. The minimum Gasteiger partial charge on any atom is -0.373 e. The van der Waals surface area contributed by atoms with Crippen LogP contribution in [0.2, 0.25) is 0 Å². The molecule has 1 fully saturated rings. The summed E-state index contributed by atoms with van der Waals surface area (Å²) in [6, 6.07) is 2.43. The van der Waals surface area contributed by atoms with E-state index in [1.165, 1.54) is 10.5 Å². The van der Waals surface area contributed by atoms with Crippen molar-refractivity contribution < 1.29 is 4.74 Å². The number of thiophene rings is 1. The molecule has 2 nitrogen and oxygen atoms in total. The molecule has 5 heteroatoms. The standard InChI is InChI=1S/C17H24ClNOS2/c1-11(2)6-8-20-16-10-13(4-5-15(16)18)19-17(21)14-7-9-22-12(14)3/h6-7,9,13,15-16H,4-5,8,10H2,1-3H3,(H,19,21). The third kappa shape index (κ3) is 5.05. The van der Waals surface area contributed by atoms with E-state index >= 15 is 0 Å². The van der Waals surface area contributed by atoms with Crippen LogP contribution in [0.1, 0.15) is 43.6 Å². The van der Waals surface area contributed by atoms with Crippen LogP contribution in [-0.2, 0) is 4.74 Å². The van der Waals surface area contributed by atoms with Gasteiger partial charge in [-0.25, -0.2) is 0 Å². The molecule has 0 spiro atoms. The molecule has 0 saturated heterocycles. The molecule has 2 rings (SSSR count). The molecule has 22 heavy (non-hydrogen) atoms. The summed E-state index contributed by atoms with van der Waals surface area (Å²) in [5, 5.41) is 5.68. The zero-order valence-corrected chi connectivity index (χ0v) is 15.8. The van der Waals surface area contributed by atoms with Gasteiger partial charge in [0.2, 0.25) is 0 Å². The summed E-state index contributed by atoms with van der Waals surface area (Å²) < 4.78 is 5.94. The molecule has 0 aromatic carbocycles. The Morgan fingerprint density at radius 3 is 2.91 bits per heavy atom. The van der Waals surface area contributed by atoms with Crippen molar-refractivity contribution in [1.82, 2.24) is 5.32 Å². The summed E-state index contributed by atoms with van der Waals surface area (Å²) in [4.78, 5) is 2.11. The molecular formula is C17H24ClNOS2. The van der Waals surface area contributed by atoms with Gasteiger partial charge in [0.25, 0.3) is 0 Å². The van der Waals surface area contributed by atoms with Crippen molar-refractivity contribution in [2.75, 3.05) is 6.61 Å². The number of aryl methyl sites for hydroxylation is 1. The number of thiocarbonyl (C=S) groups is 1. The second kappa shape index (κ2) is 8.44. The summed E-state index contributed by atoms with van der Waals surface area (Å²) in [7, 11) is 0. The normalized spacial score (nSPS) is 24.8. The number of ether oxygens (including phenoxy) is 1. The van der Waals surface area contributed by atoms with E-state index in [4.69, 9.17) is 28.6 Å². The van der Waals surface area contributed by atoms with E-state index < -0.39 is 0 Å². The van der Waals surface area contributed by atoms with Gasteiger partial charge in [0.1, 0.15) is 4.99 Å². The molecule has 1 heterocycles. The third-order valence-corrected chi connectivity index (χ3v) is 5.63. The maximum absolute atomic E-state index is 6.42. The summed E-state index contributed by atoms with van der Waals surface area (Å²) in [6.07, 6.45) is 5.10. The molecule has 0 aliphatic heterocycles. The lowest BCUT2D eigenvalue weighted by Gasteiger charge is -2.33. The number of hydrogen-bond acceptors (Lipinski definition) is 3. The molecule has 1 aromatic heterocycles. The molecule has 0 amide bonds. The van der Waals surface area contributed by atoms with Crippen molar-refractivity contribution in [3.8, 4) is 0 Å². The molecule has 0 bridgehead atoms. The molecule has 1 N–H and O–H groups in total. The van der Waals surface area contributed by atoms with Crippen molar-refractivity contribution in [3.05, 3.63) is 33.5 Å². The van der Waals surface area contributed by atoms with Crippen molar-refractivity contribution in [2.45, 2.75) is 57.6 Å². The molecule has 1 aliphatic rings. The van der Waals surface area contributed by atoms with Gasteiger partial charge in [-0.1, -0.05) is 23.9 Å². The van der Waals surface area contributed by atoms with Gasteiger partial charge in [0.05, 0.1) is 18.1 Å². The Bertz CT molecular complexity index is 537. The fraction of sp³-hybridized carbons (Fsp3) is 0.588. The van der Waals surface area contributed by atoms with Crippen LogP contribution in [0.3, 0.4) is 0 Å². The molecule has 1 aromatic rings. The lowest BCUT2D eigenvalue weighted by atomic mass is 9.92. The van der Waals surface area contributed by atoms with Gasteiger partial charge in [0.15, 0.2) is 0 Å². The first-order valence-electron chi connectivity index (χ1n) is 7.71. The number of hydrogen-bond donors (Lipinski definition) is 1. The molecule has 3 unspecified atom stereocenters. The van der Waals surface area contributed by atoms with E-state index in [2.05, 4.69) is 43.6 Å². The summed E-state index contributed by atoms with van der Waals surface area (Å²) in [6.45, 7) is 6.90. The van der Waals surface area contributed by atoms with Crippen molar-refractivity contribution in [3.63, 3.8) is 0 Å². The predicted octanol–water partition coefficient (Wildman–Crippen LogP) is 4.83. The Labute approximate surface area is 147 Å². The molecule has 1 aliphatic carbocycles. The van der Waals surface area contributed by atoms with Crippen LogP contribution in [0, 0.1) is 6.92 Å². The van der Waals surface area contributed by atoms with Gasteiger partial charge >= 0.3 is 0 Å². The molecule has 0 radical (unpaired) electrons. The Kier molecular flexibility index (Phi) is 6.87. The highest BCUT2D eigenvalue weighted by atomic mass is 35.5. The van der Waals surface area contributed by atoms with Gasteiger partial charge in [0, 0.05) is 16.5 Å². The Morgan fingerprint density at radius 1 is 1.50 bits per heavy atom. The maximum atomic E-state index is 6.42. The Balaban J connectivity index is 1.88. The van der Waals surface area contributed by atoms with Crippen molar-refractivity contribution in [1.29, 1.82) is 0 Å². The molecule has 122 valence electrons. The van der Waals surface area contributed by atoms with E-state index in [0.29, 0.717) is 12.6 Å². The van der Waals surface area contributed by atoms with Gasteiger partial charge in [-0.05, 0) is 51.5 Å². The summed E-state index contributed by atoms with van der Waals surface area (Å²) in [5.74, 6) is 0. The highest BCUT2D eigenvalue weighted by Gasteiger charge is 2.30. The number of nitrogens with one attached hydrogen (secondary N) is 1. The van der Waals surface area contributed by atoms with Crippen LogP contribution in [0.25, 0.3) is 0 Å². The largest absolute Gasteiger partial charge is 0.373 e. The van der Waals surface area contributed by atoms with Gasteiger partial charge < -0.3 is 10.1 Å². The smallest absolute Gasteiger partial charge is 0.107 e. The fourth-order valence-electron chi connectivity index (χ4n) is 2.62. The zero-order chi connectivity index (χ0) is 16.1. The molecular weight excluding hydrogens is 334 g/mol. The topological polar surface area (TPSA) is 21.3 Å². The quantitative estimate of drug-likeness (QED) is 0.463. The van der Waals surface area contributed by atoms with Crippen molar-refractivity contribution >= 4 is 40.1 Å². The second-order valence-corrected chi connectivity index (χ2v) is 8.13. The minimum atomic E-state index is 0.0925. The lowest BCUT2D eigenvalue weighted by molar-refractivity contribution is 0.0418. The first kappa shape index (κ1) is 17.9. The van der Waals surface area contributed by atoms with E-state index in [1.54, 1.807) is 11.3 Å². The maximum Gasteiger partial charge on any atom is 0.107 e. The van der Waals surface area contributed by atoms with Crippen LogP contribution in [0.15, 0.2) is 23.1 Å². The second-order valence-electron chi connectivity index (χ2n) is 6.04. The lowest BCUT2D eigenvalue weighted by Crippen LogP contribution is -2.44. The first-order valence-corrected chi connectivity index (χ1v) is 9.43. The predicted molar refractivity (Wildman–Crippen MR) is 100 cm³/mol. The Morgan fingerprint density at radius 2 is 2.27 bits per heavy atom. The van der Waals surface area contributed by atoms with E-state index in [1.807, 2.05) is 0 Å². The van der Waals surface area contributed by atoms with Gasteiger partial charge in [-0.2, -0.15) is 0 Å². The number of alkyl halides is 1. The van der Waals surface area contributed by atoms with E-state index in [9.17, 15) is 0 Å². The summed E-state index contributed by atoms with van der Waals surface area (Å²) >= 11 is 13.7. The SMILES string of the molecule is CC(C)=CCOC1CC(NC(=S)c2ccsc2C)CCC1Cl. The van der Waals surface area contributed by atoms with Gasteiger partial charge in [-0.15, -0.1) is 22.9 Å².